The third kappa shape index (κ3) is 4.28. The first-order chi connectivity index (χ1) is 8.20. The van der Waals surface area contributed by atoms with E-state index in [0.29, 0.717) is 12.5 Å². The fourth-order valence-corrected chi connectivity index (χ4v) is 2.54. The van der Waals surface area contributed by atoms with Gasteiger partial charge >= 0.3 is 5.97 Å². The lowest BCUT2D eigenvalue weighted by atomic mass is 9.95. The molecule has 4 heteroatoms. The van der Waals surface area contributed by atoms with Crippen molar-refractivity contribution < 1.29 is 9.53 Å². The van der Waals surface area contributed by atoms with E-state index in [1.165, 1.54) is 0 Å². The van der Waals surface area contributed by atoms with Gasteiger partial charge in [-0.1, -0.05) is 20.3 Å². The van der Waals surface area contributed by atoms with Crippen molar-refractivity contribution in [3.05, 3.63) is 0 Å². The first-order valence-electron chi connectivity index (χ1n) is 6.82. The van der Waals surface area contributed by atoms with Crippen molar-refractivity contribution in [3.63, 3.8) is 0 Å². The molecular weight excluding hydrogens is 216 g/mol. The van der Waals surface area contributed by atoms with Gasteiger partial charge in [-0.3, -0.25) is 9.69 Å². The van der Waals surface area contributed by atoms with Gasteiger partial charge in [-0.05, 0) is 19.3 Å². The van der Waals surface area contributed by atoms with Crippen molar-refractivity contribution in [2.24, 2.45) is 5.92 Å². The summed E-state index contributed by atoms with van der Waals surface area (Å²) in [6.07, 6.45) is 2.19. The van der Waals surface area contributed by atoms with Gasteiger partial charge in [-0.2, -0.15) is 0 Å². The molecule has 0 aliphatic carbocycles. The van der Waals surface area contributed by atoms with E-state index in [9.17, 15) is 4.79 Å². The molecular formula is C13H26N2O2. The zero-order chi connectivity index (χ0) is 12.7. The largest absolute Gasteiger partial charge is 0.465 e. The molecule has 0 spiro atoms. The van der Waals surface area contributed by atoms with Crippen molar-refractivity contribution in [2.75, 3.05) is 32.8 Å². The summed E-state index contributed by atoms with van der Waals surface area (Å²) in [7, 11) is 0. The number of piperazine rings is 1. The van der Waals surface area contributed by atoms with E-state index in [2.05, 4.69) is 24.1 Å². The molecule has 1 aliphatic heterocycles. The van der Waals surface area contributed by atoms with E-state index in [4.69, 9.17) is 4.74 Å². The molecule has 2 unspecified atom stereocenters. The van der Waals surface area contributed by atoms with E-state index in [0.717, 1.165) is 39.0 Å². The number of ether oxygens (including phenoxy) is 1. The summed E-state index contributed by atoms with van der Waals surface area (Å²) in [5.74, 6) is 0.326. The molecule has 17 heavy (non-hydrogen) atoms. The lowest BCUT2D eigenvalue weighted by Crippen LogP contribution is -2.54. The van der Waals surface area contributed by atoms with E-state index >= 15 is 0 Å². The molecule has 4 nitrogen and oxygen atoms in total. The van der Waals surface area contributed by atoms with Crippen LogP contribution in [0, 0.1) is 5.92 Å². The molecule has 0 aromatic carbocycles. The van der Waals surface area contributed by atoms with Crippen molar-refractivity contribution in [3.8, 4) is 0 Å². The van der Waals surface area contributed by atoms with Gasteiger partial charge in [0.2, 0.25) is 0 Å². The summed E-state index contributed by atoms with van der Waals surface area (Å²) < 4.78 is 5.22. The number of hydrogen-bond acceptors (Lipinski definition) is 4. The Morgan fingerprint density at radius 2 is 2.00 bits per heavy atom. The van der Waals surface area contributed by atoms with Gasteiger partial charge in [-0.15, -0.1) is 0 Å². The van der Waals surface area contributed by atoms with Gasteiger partial charge in [0.05, 0.1) is 6.61 Å². The highest BCUT2D eigenvalue weighted by molar-refractivity contribution is 5.76. The highest BCUT2D eigenvalue weighted by atomic mass is 16.5. The van der Waals surface area contributed by atoms with Crippen LogP contribution >= 0.6 is 0 Å². The fraction of sp³-hybridized carbons (Fsp3) is 0.923. The van der Waals surface area contributed by atoms with Crippen LogP contribution in [0.4, 0.5) is 0 Å². The Bertz CT molecular complexity index is 227. The minimum atomic E-state index is -0.0583. The van der Waals surface area contributed by atoms with E-state index in [-0.39, 0.29) is 12.0 Å². The average Bonchev–Trinajstić information content (AvgIpc) is 2.31. The topological polar surface area (TPSA) is 41.6 Å². The molecule has 1 N–H and O–H groups in total. The molecule has 0 radical (unpaired) electrons. The predicted molar refractivity (Wildman–Crippen MR) is 68.9 cm³/mol. The van der Waals surface area contributed by atoms with Crippen LogP contribution in [0.2, 0.25) is 0 Å². The van der Waals surface area contributed by atoms with Gasteiger partial charge in [0.1, 0.15) is 6.04 Å². The number of esters is 1. The van der Waals surface area contributed by atoms with Crippen molar-refractivity contribution in [1.82, 2.24) is 10.2 Å². The maximum atomic E-state index is 12.1. The number of nitrogens with zero attached hydrogens (tertiary/aromatic N) is 1. The van der Waals surface area contributed by atoms with Crippen molar-refractivity contribution >= 4 is 5.97 Å². The number of carbonyl (C=O) groups is 1. The molecule has 100 valence electrons. The van der Waals surface area contributed by atoms with Crippen LogP contribution in [0.15, 0.2) is 0 Å². The first-order valence-corrected chi connectivity index (χ1v) is 6.82. The third-order valence-corrected chi connectivity index (χ3v) is 3.36. The number of nitrogens with one attached hydrogen (secondary N) is 1. The highest BCUT2D eigenvalue weighted by Gasteiger charge is 2.32. The molecule has 2 atom stereocenters. The Balaban J connectivity index is 2.65. The minimum Gasteiger partial charge on any atom is -0.465 e. The number of rotatable bonds is 6. The second-order valence-corrected chi connectivity index (χ2v) is 4.75. The summed E-state index contributed by atoms with van der Waals surface area (Å²) in [6.45, 7) is 10.5. The SMILES string of the molecule is CCCC(C)C(C(=O)OCC)N1CCNCC1. The lowest BCUT2D eigenvalue weighted by molar-refractivity contribution is -0.152. The molecule has 1 rings (SSSR count). The molecule has 0 bridgehead atoms. The van der Waals surface area contributed by atoms with E-state index in [1.807, 2.05) is 6.92 Å². The second kappa shape index (κ2) is 7.67. The molecule has 1 heterocycles. The van der Waals surface area contributed by atoms with Gasteiger partial charge in [-0.25, -0.2) is 0 Å². The van der Waals surface area contributed by atoms with Crippen LogP contribution in [0.3, 0.4) is 0 Å². The number of hydrogen-bond donors (Lipinski definition) is 1. The van der Waals surface area contributed by atoms with Gasteiger partial charge in [0, 0.05) is 26.2 Å². The van der Waals surface area contributed by atoms with Crippen LogP contribution in [0.25, 0.3) is 0 Å². The summed E-state index contributed by atoms with van der Waals surface area (Å²) in [5, 5.41) is 3.32. The molecule has 0 saturated carbocycles. The van der Waals surface area contributed by atoms with Crippen LogP contribution in [-0.4, -0.2) is 49.7 Å². The Morgan fingerprint density at radius 3 is 2.53 bits per heavy atom. The first kappa shape index (κ1) is 14.5. The molecule has 0 aromatic heterocycles. The zero-order valence-corrected chi connectivity index (χ0v) is 11.4. The van der Waals surface area contributed by atoms with Crippen molar-refractivity contribution in [1.29, 1.82) is 0 Å². The normalized spacial score (nSPS) is 20.9. The Morgan fingerprint density at radius 1 is 1.35 bits per heavy atom. The summed E-state index contributed by atoms with van der Waals surface area (Å²) in [6, 6.07) is -0.0583. The summed E-state index contributed by atoms with van der Waals surface area (Å²) in [5.41, 5.74) is 0. The molecule has 1 aliphatic rings. The van der Waals surface area contributed by atoms with Crippen LogP contribution in [-0.2, 0) is 9.53 Å². The van der Waals surface area contributed by atoms with Gasteiger partial charge in [0.25, 0.3) is 0 Å². The molecule has 0 amide bonds. The fourth-order valence-electron chi connectivity index (χ4n) is 2.54. The molecule has 0 aromatic rings. The minimum absolute atomic E-state index is 0.0460. The summed E-state index contributed by atoms with van der Waals surface area (Å²) >= 11 is 0. The van der Waals surface area contributed by atoms with E-state index in [1.54, 1.807) is 0 Å². The molecule has 1 saturated heterocycles. The predicted octanol–water partition coefficient (Wildman–Crippen LogP) is 1.26. The maximum absolute atomic E-state index is 12.1. The molecule has 1 fully saturated rings. The number of carbonyl (C=O) groups excluding carboxylic acids is 1. The monoisotopic (exact) mass is 242 g/mol. The Hall–Kier alpha value is -0.610. The third-order valence-electron chi connectivity index (χ3n) is 3.36. The second-order valence-electron chi connectivity index (χ2n) is 4.75. The van der Waals surface area contributed by atoms with Gasteiger partial charge in [0.15, 0.2) is 0 Å². The van der Waals surface area contributed by atoms with Crippen LogP contribution < -0.4 is 5.32 Å². The highest BCUT2D eigenvalue weighted by Crippen LogP contribution is 2.18. The van der Waals surface area contributed by atoms with Crippen molar-refractivity contribution in [2.45, 2.75) is 39.7 Å². The zero-order valence-electron chi connectivity index (χ0n) is 11.4. The van der Waals surface area contributed by atoms with E-state index < -0.39 is 0 Å². The van der Waals surface area contributed by atoms with Crippen LogP contribution in [0.1, 0.15) is 33.6 Å². The lowest BCUT2D eigenvalue weighted by Gasteiger charge is -2.36. The smallest absolute Gasteiger partial charge is 0.323 e. The average molecular weight is 242 g/mol. The van der Waals surface area contributed by atoms with Gasteiger partial charge < -0.3 is 10.1 Å². The summed E-state index contributed by atoms with van der Waals surface area (Å²) in [4.78, 5) is 14.3. The standard InChI is InChI=1S/C13H26N2O2/c1-4-6-11(3)12(13(16)17-5-2)15-9-7-14-8-10-15/h11-12,14H,4-10H2,1-3H3. The maximum Gasteiger partial charge on any atom is 0.323 e. The van der Waals surface area contributed by atoms with Crippen LogP contribution in [0.5, 0.6) is 0 Å². The quantitative estimate of drug-likeness (QED) is 0.712. The Labute approximate surface area is 105 Å². The Kier molecular flexibility index (Phi) is 6.52.